The lowest BCUT2D eigenvalue weighted by molar-refractivity contribution is 0.102. The van der Waals surface area contributed by atoms with Gasteiger partial charge >= 0.3 is 6.03 Å². The van der Waals surface area contributed by atoms with Crippen LogP contribution in [0.3, 0.4) is 0 Å². The summed E-state index contributed by atoms with van der Waals surface area (Å²) in [5.74, 6) is -1.50. The number of thiol groups is 1. The average molecular weight is 427 g/mol. The van der Waals surface area contributed by atoms with Gasteiger partial charge in [0.15, 0.2) is 0 Å². The molecule has 3 aromatic rings. The molecule has 0 saturated carbocycles. The molecular formula is C22H19F2N3O2S. The van der Waals surface area contributed by atoms with Crippen molar-refractivity contribution in [1.82, 2.24) is 5.32 Å². The Balaban J connectivity index is 1.54. The number of hydrogen-bond acceptors (Lipinski definition) is 3. The zero-order valence-electron chi connectivity index (χ0n) is 15.8. The largest absolute Gasteiger partial charge is 0.337 e. The summed E-state index contributed by atoms with van der Waals surface area (Å²) in [6, 6.07) is 17.9. The van der Waals surface area contributed by atoms with Gasteiger partial charge in [0.25, 0.3) is 5.91 Å². The van der Waals surface area contributed by atoms with Crippen molar-refractivity contribution in [2.75, 3.05) is 16.2 Å². The first kappa shape index (κ1) is 21.3. The highest BCUT2D eigenvalue weighted by Gasteiger charge is 2.14. The Kier molecular flexibility index (Phi) is 7.03. The lowest BCUT2D eigenvalue weighted by Gasteiger charge is -2.17. The van der Waals surface area contributed by atoms with Gasteiger partial charge in [0, 0.05) is 12.2 Å². The lowest BCUT2D eigenvalue weighted by atomic mass is 10.1. The van der Waals surface area contributed by atoms with Gasteiger partial charge < -0.3 is 10.6 Å². The zero-order chi connectivity index (χ0) is 21.5. The summed E-state index contributed by atoms with van der Waals surface area (Å²) >= 11 is 4.18. The van der Waals surface area contributed by atoms with Crippen LogP contribution < -0.4 is 14.9 Å². The van der Waals surface area contributed by atoms with Gasteiger partial charge in [-0.15, -0.1) is 0 Å². The summed E-state index contributed by atoms with van der Waals surface area (Å²) in [6.07, 6.45) is 0.348. The first-order valence-electron chi connectivity index (χ1n) is 9.12. The summed E-state index contributed by atoms with van der Waals surface area (Å²) in [4.78, 5) is 24.4. The van der Waals surface area contributed by atoms with E-state index in [0.29, 0.717) is 23.4 Å². The molecule has 0 radical (unpaired) electrons. The summed E-state index contributed by atoms with van der Waals surface area (Å²) in [6.45, 7) is 0.244. The van der Waals surface area contributed by atoms with Crippen LogP contribution in [0, 0.1) is 11.6 Å². The number of urea groups is 1. The zero-order valence-corrected chi connectivity index (χ0v) is 16.7. The van der Waals surface area contributed by atoms with Gasteiger partial charge in [-0.1, -0.05) is 43.1 Å². The van der Waals surface area contributed by atoms with Gasteiger partial charge in [-0.25, -0.2) is 17.9 Å². The molecular weight excluding hydrogens is 408 g/mol. The second-order valence-electron chi connectivity index (χ2n) is 6.37. The summed E-state index contributed by atoms with van der Waals surface area (Å²) in [5.41, 5.74) is 1.35. The maximum Gasteiger partial charge on any atom is 0.331 e. The third-order valence-electron chi connectivity index (χ3n) is 4.31. The molecule has 0 spiro atoms. The summed E-state index contributed by atoms with van der Waals surface area (Å²) in [7, 11) is 0. The minimum atomic E-state index is -0.611. The summed E-state index contributed by atoms with van der Waals surface area (Å²) in [5, 5.41) is 5.26. The predicted octanol–water partition coefficient (Wildman–Crippen LogP) is 4.82. The van der Waals surface area contributed by atoms with E-state index in [9.17, 15) is 18.4 Å². The van der Waals surface area contributed by atoms with Crippen LogP contribution in [0.4, 0.5) is 25.0 Å². The van der Waals surface area contributed by atoms with E-state index in [2.05, 4.69) is 23.4 Å². The van der Waals surface area contributed by atoms with Crippen LogP contribution in [-0.4, -0.2) is 18.5 Å². The highest BCUT2D eigenvalue weighted by molar-refractivity contribution is 7.82. The number of nitrogens with one attached hydrogen (secondary N) is 2. The average Bonchev–Trinajstić information content (AvgIpc) is 2.75. The first-order chi connectivity index (χ1) is 14.5. The number of nitrogens with zero attached hydrogens (tertiary/aromatic N) is 1. The van der Waals surface area contributed by atoms with E-state index in [4.69, 9.17) is 0 Å². The van der Waals surface area contributed by atoms with Gasteiger partial charge in [0.1, 0.15) is 11.6 Å². The first-order valence-corrected chi connectivity index (χ1v) is 9.52. The highest BCUT2D eigenvalue weighted by Crippen LogP contribution is 2.20. The SMILES string of the molecule is O=C(Nc1ccc(N(S)C(=O)NCCc2ccccc2F)cc1)c1ccccc1F. The third-order valence-corrected chi connectivity index (χ3v) is 4.72. The molecule has 0 fully saturated rings. The number of halogens is 2. The van der Waals surface area contributed by atoms with Crippen molar-refractivity contribution in [3.63, 3.8) is 0 Å². The normalized spacial score (nSPS) is 10.4. The maximum atomic E-state index is 13.7. The Morgan fingerprint density at radius 1 is 0.867 bits per heavy atom. The van der Waals surface area contributed by atoms with E-state index in [-0.39, 0.29) is 17.9 Å². The van der Waals surface area contributed by atoms with Crippen LogP contribution in [0.1, 0.15) is 15.9 Å². The fraction of sp³-hybridized carbons (Fsp3) is 0.0909. The van der Waals surface area contributed by atoms with Crippen molar-refractivity contribution in [2.45, 2.75) is 6.42 Å². The number of carbonyl (C=O) groups excluding carboxylic acids is 2. The second kappa shape index (κ2) is 9.89. The van der Waals surface area contributed by atoms with Crippen LogP contribution in [-0.2, 0) is 6.42 Å². The van der Waals surface area contributed by atoms with Crippen LogP contribution in [0.2, 0.25) is 0 Å². The molecule has 0 saturated heterocycles. The van der Waals surface area contributed by atoms with Crippen LogP contribution >= 0.6 is 12.8 Å². The standard InChI is InChI=1S/C22H19F2N3O2S/c23-19-7-3-1-5-15(19)13-14-25-22(29)27(30)17-11-9-16(10-12-17)26-21(28)18-6-2-4-8-20(18)24/h1-12,30H,13-14H2,(H,25,29)(H,26,28). The molecule has 0 heterocycles. The minimum Gasteiger partial charge on any atom is -0.337 e. The third kappa shape index (κ3) is 5.36. The van der Waals surface area contributed by atoms with Crippen molar-refractivity contribution in [1.29, 1.82) is 0 Å². The quantitative estimate of drug-likeness (QED) is 0.494. The molecule has 0 aliphatic carbocycles. The Bertz CT molecular complexity index is 1040. The Morgan fingerprint density at radius 3 is 2.17 bits per heavy atom. The minimum absolute atomic E-state index is 0.0633. The number of benzene rings is 3. The van der Waals surface area contributed by atoms with E-state index in [1.807, 2.05) is 0 Å². The number of amides is 3. The number of carbonyl (C=O) groups is 2. The van der Waals surface area contributed by atoms with Gasteiger partial charge in [0.2, 0.25) is 0 Å². The molecule has 3 aromatic carbocycles. The molecule has 3 amide bonds. The van der Waals surface area contributed by atoms with E-state index in [0.717, 1.165) is 4.31 Å². The van der Waals surface area contributed by atoms with Gasteiger partial charge in [-0.05, 0) is 54.4 Å². The second-order valence-corrected chi connectivity index (χ2v) is 6.77. The molecule has 0 unspecified atom stereocenters. The molecule has 8 heteroatoms. The molecule has 0 aliphatic heterocycles. The topological polar surface area (TPSA) is 61.4 Å². The van der Waals surface area contributed by atoms with Crippen molar-refractivity contribution < 1.29 is 18.4 Å². The van der Waals surface area contributed by atoms with E-state index >= 15 is 0 Å². The monoisotopic (exact) mass is 427 g/mol. The van der Waals surface area contributed by atoms with Gasteiger partial charge in [-0.3, -0.25) is 4.79 Å². The van der Waals surface area contributed by atoms with Crippen molar-refractivity contribution in [3.8, 4) is 0 Å². The molecule has 3 rings (SSSR count). The summed E-state index contributed by atoms with van der Waals surface area (Å²) < 4.78 is 28.4. The Morgan fingerprint density at radius 2 is 1.50 bits per heavy atom. The molecule has 5 nitrogen and oxygen atoms in total. The van der Waals surface area contributed by atoms with Gasteiger partial charge in [0.05, 0.1) is 11.3 Å². The Labute approximate surface area is 178 Å². The lowest BCUT2D eigenvalue weighted by Crippen LogP contribution is -2.35. The molecule has 0 aromatic heterocycles. The number of hydrogen-bond donors (Lipinski definition) is 3. The fourth-order valence-electron chi connectivity index (χ4n) is 2.73. The van der Waals surface area contributed by atoms with Crippen LogP contribution in [0.15, 0.2) is 72.8 Å². The Hall–Kier alpha value is -3.39. The smallest absolute Gasteiger partial charge is 0.331 e. The maximum absolute atomic E-state index is 13.7. The van der Waals surface area contributed by atoms with Crippen LogP contribution in [0.25, 0.3) is 0 Å². The molecule has 0 bridgehead atoms. The van der Waals surface area contributed by atoms with Crippen molar-refractivity contribution in [3.05, 3.63) is 95.6 Å². The fourth-order valence-corrected chi connectivity index (χ4v) is 2.93. The van der Waals surface area contributed by atoms with Crippen LogP contribution in [0.5, 0.6) is 0 Å². The van der Waals surface area contributed by atoms with Crippen molar-refractivity contribution >= 4 is 36.1 Å². The number of rotatable bonds is 6. The molecule has 30 heavy (non-hydrogen) atoms. The predicted molar refractivity (Wildman–Crippen MR) is 116 cm³/mol. The van der Waals surface area contributed by atoms with Gasteiger partial charge in [-0.2, -0.15) is 0 Å². The van der Waals surface area contributed by atoms with E-state index < -0.39 is 17.8 Å². The molecule has 2 N–H and O–H groups in total. The van der Waals surface area contributed by atoms with Crippen molar-refractivity contribution in [2.24, 2.45) is 0 Å². The molecule has 0 atom stereocenters. The van der Waals surface area contributed by atoms with E-state index in [1.165, 1.54) is 24.3 Å². The number of anilines is 2. The van der Waals surface area contributed by atoms with E-state index in [1.54, 1.807) is 48.5 Å². The molecule has 154 valence electrons. The molecule has 0 aliphatic rings. The highest BCUT2D eigenvalue weighted by atomic mass is 32.1.